The van der Waals surface area contributed by atoms with E-state index in [2.05, 4.69) is 354 Å². The van der Waals surface area contributed by atoms with Crippen LogP contribution in [0.3, 0.4) is 0 Å². The molecule has 0 aliphatic carbocycles. The molecule has 3 nitrogen and oxygen atoms in total. The molecule has 13 aromatic carbocycles. The molecule has 0 fully saturated rings. The first-order valence-corrected chi connectivity index (χ1v) is 33.2. The fraction of sp³-hybridized carbons (Fsp3) is 0. The molecule has 14 aromatic rings. The lowest BCUT2D eigenvalue weighted by Crippen LogP contribution is -2.75. The maximum Gasteiger partial charge on any atom is 0.252 e. The molecule has 394 valence electrons. The molecule has 0 radical (unpaired) electrons. The SMILES string of the molecule is c1ccc(N2c3ccc([Si](c4ccccc4)(c4ccccc4)c4ccccc4)cc3B3c4ccccc4N(c4cccc([Si](c5ccccc5)(c5ccccc5)c5ccccc5)c4)c4cc(-n5c6ccccc6c6ccccc65)cc2c43)cc1. The summed E-state index contributed by atoms with van der Waals surface area (Å²) in [5.74, 6) is 0. The van der Waals surface area contributed by atoms with Crippen LogP contribution in [0.25, 0.3) is 27.5 Å². The number of hydrogen-bond acceptors (Lipinski definition) is 2. The predicted molar refractivity (Wildman–Crippen MR) is 362 cm³/mol. The lowest BCUT2D eigenvalue weighted by molar-refractivity contribution is 1.16. The van der Waals surface area contributed by atoms with Crippen molar-refractivity contribution >= 4 is 137 Å². The van der Waals surface area contributed by atoms with Crippen LogP contribution in [0.15, 0.2) is 340 Å². The monoisotopic (exact) mass is 1100 g/mol. The van der Waals surface area contributed by atoms with Crippen LogP contribution in [-0.2, 0) is 0 Å². The highest BCUT2D eigenvalue weighted by molar-refractivity contribution is 7.20. The van der Waals surface area contributed by atoms with Gasteiger partial charge in [0.05, 0.1) is 16.7 Å². The molecule has 0 saturated carbocycles. The average molecular weight is 1100 g/mol. The Balaban J connectivity index is 1.02. The van der Waals surface area contributed by atoms with Crippen molar-refractivity contribution in [2.24, 2.45) is 0 Å². The Bertz CT molecular complexity index is 4490. The van der Waals surface area contributed by atoms with Crippen LogP contribution in [0.2, 0.25) is 0 Å². The first-order chi connectivity index (χ1) is 41.7. The number of hydrogen-bond donors (Lipinski definition) is 0. The van der Waals surface area contributed by atoms with E-state index in [1.807, 2.05) is 0 Å². The highest BCUT2D eigenvalue weighted by atomic mass is 28.3. The van der Waals surface area contributed by atoms with E-state index in [4.69, 9.17) is 0 Å². The summed E-state index contributed by atoms with van der Waals surface area (Å²) >= 11 is 0. The molecule has 6 heteroatoms. The van der Waals surface area contributed by atoms with Crippen LogP contribution in [0.5, 0.6) is 0 Å². The van der Waals surface area contributed by atoms with Crippen LogP contribution < -0.4 is 67.7 Å². The summed E-state index contributed by atoms with van der Waals surface area (Å²) in [6.45, 7) is -0.131. The molecule has 0 bridgehead atoms. The van der Waals surface area contributed by atoms with Crippen LogP contribution in [0, 0.1) is 0 Å². The summed E-state index contributed by atoms with van der Waals surface area (Å²) in [4.78, 5) is 5.18. The number of benzene rings is 13. The van der Waals surface area contributed by atoms with Crippen molar-refractivity contribution in [3.8, 4) is 5.69 Å². The van der Waals surface area contributed by atoms with E-state index in [1.165, 1.54) is 91.1 Å². The standard InChI is InChI=1S/C78H56BN3Si2/c1-8-29-57(30-9-1)80-75-52-51-67(84(63-38-16-5-17-39-63,64-40-18-6-19-41-64)65-42-20-7-21-43-65)56-71(75)79-70-47-24-27-50-74(70)81(77-55-59(54-76(80)78(77)79)82-72-48-25-22-45-68(72)69-46-23-26-49-73(69)82)58-31-28-44-66(53-58)83(60-32-10-2-11-33-60,61-34-12-3-13-35-61)62-36-14-4-15-37-62/h1-56H. The molecule has 0 unspecified atom stereocenters. The molecule has 2 aliphatic heterocycles. The summed E-state index contributed by atoms with van der Waals surface area (Å²) < 4.78 is 2.50. The average Bonchev–Trinajstić information content (AvgIpc) is 0.841. The number of anilines is 6. The van der Waals surface area contributed by atoms with E-state index < -0.39 is 16.1 Å². The number of aromatic nitrogens is 1. The lowest BCUT2D eigenvalue weighted by Gasteiger charge is -2.45. The van der Waals surface area contributed by atoms with E-state index in [1.54, 1.807) is 0 Å². The third-order valence-corrected chi connectivity index (χ3v) is 27.6. The molecule has 16 rings (SSSR count). The van der Waals surface area contributed by atoms with Crippen LogP contribution in [-0.4, -0.2) is 27.4 Å². The summed E-state index contributed by atoms with van der Waals surface area (Å²) in [5, 5.41) is 13.2. The maximum atomic E-state index is 2.63. The molecule has 2 aliphatic rings. The molecule has 84 heavy (non-hydrogen) atoms. The second-order valence-electron chi connectivity index (χ2n) is 22.3. The van der Waals surface area contributed by atoms with Crippen molar-refractivity contribution in [1.82, 2.24) is 4.57 Å². The van der Waals surface area contributed by atoms with Crippen LogP contribution in [0.1, 0.15) is 0 Å². The van der Waals surface area contributed by atoms with Gasteiger partial charge in [-0.3, -0.25) is 0 Å². The van der Waals surface area contributed by atoms with Crippen LogP contribution >= 0.6 is 0 Å². The van der Waals surface area contributed by atoms with Gasteiger partial charge in [0.1, 0.15) is 0 Å². The Labute approximate surface area is 493 Å². The van der Waals surface area contributed by atoms with E-state index in [9.17, 15) is 0 Å². The molecular weight excluding hydrogens is 1050 g/mol. The molecule has 0 N–H and O–H groups in total. The first kappa shape index (κ1) is 49.6. The van der Waals surface area contributed by atoms with Crippen molar-refractivity contribution < 1.29 is 0 Å². The van der Waals surface area contributed by atoms with Gasteiger partial charge in [-0.05, 0) is 119 Å². The summed E-state index contributed by atoms with van der Waals surface area (Å²) in [7, 11) is -5.94. The molecule has 0 saturated heterocycles. The molecule has 0 spiro atoms. The minimum absolute atomic E-state index is 0.131. The van der Waals surface area contributed by atoms with E-state index in [0.29, 0.717) is 0 Å². The van der Waals surface area contributed by atoms with E-state index in [-0.39, 0.29) is 6.71 Å². The zero-order valence-corrected chi connectivity index (χ0v) is 48.3. The van der Waals surface area contributed by atoms with E-state index in [0.717, 1.165) is 28.4 Å². The van der Waals surface area contributed by atoms with Gasteiger partial charge in [-0.15, -0.1) is 0 Å². The molecule has 0 amide bonds. The highest BCUT2D eigenvalue weighted by Gasteiger charge is 2.48. The third kappa shape index (κ3) is 7.58. The van der Waals surface area contributed by atoms with Gasteiger partial charge in [0.25, 0.3) is 6.71 Å². The second-order valence-corrected chi connectivity index (χ2v) is 29.9. The summed E-state index contributed by atoms with van der Waals surface area (Å²) in [6, 6.07) is 128. The van der Waals surface area contributed by atoms with Crippen molar-refractivity contribution in [2.45, 2.75) is 0 Å². The number of nitrogens with zero attached hydrogens (tertiary/aromatic N) is 3. The molecule has 3 heterocycles. The normalized spacial score (nSPS) is 12.7. The van der Waals surface area contributed by atoms with Crippen molar-refractivity contribution in [1.29, 1.82) is 0 Å². The minimum atomic E-state index is -2.98. The topological polar surface area (TPSA) is 11.4 Å². The quantitative estimate of drug-likeness (QED) is 0.0945. The Hall–Kier alpha value is -10.2. The smallest absolute Gasteiger partial charge is 0.252 e. The van der Waals surface area contributed by atoms with Gasteiger partial charge in [-0.2, -0.15) is 0 Å². The number of fused-ring (bicyclic) bond motifs is 7. The minimum Gasteiger partial charge on any atom is -0.311 e. The molecular formula is C78H56BN3Si2. The highest BCUT2D eigenvalue weighted by Crippen LogP contribution is 2.46. The van der Waals surface area contributed by atoms with Crippen molar-refractivity contribution in [3.05, 3.63) is 340 Å². The fourth-order valence-corrected chi connectivity index (χ4v) is 24.2. The van der Waals surface area contributed by atoms with Gasteiger partial charge in [0.15, 0.2) is 16.1 Å². The van der Waals surface area contributed by atoms with Gasteiger partial charge in [0, 0.05) is 44.9 Å². The van der Waals surface area contributed by atoms with Crippen molar-refractivity contribution in [2.75, 3.05) is 9.80 Å². The van der Waals surface area contributed by atoms with Crippen LogP contribution in [0.4, 0.5) is 34.1 Å². The van der Waals surface area contributed by atoms with Gasteiger partial charge in [0.2, 0.25) is 0 Å². The maximum absolute atomic E-state index is 2.98. The van der Waals surface area contributed by atoms with Gasteiger partial charge < -0.3 is 14.4 Å². The Morgan fingerprint density at radius 3 is 1.06 bits per heavy atom. The predicted octanol–water partition coefficient (Wildman–Crippen LogP) is 11.6. The summed E-state index contributed by atoms with van der Waals surface area (Å²) in [6.07, 6.45) is 0. The number of rotatable bonds is 11. The molecule has 0 atom stereocenters. The van der Waals surface area contributed by atoms with Gasteiger partial charge in [-0.1, -0.05) is 279 Å². The fourth-order valence-electron chi connectivity index (χ4n) is 14.6. The Morgan fingerprint density at radius 1 is 0.226 bits per heavy atom. The van der Waals surface area contributed by atoms with Gasteiger partial charge in [-0.25, -0.2) is 0 Å². The first-order valence-electron chi connectivity index (χ1n) is 29.2. The number of para-hydroxylation sites is 4. The van der Waals surface area contributed by atoms with Gasteiger partial charge >= 0.3 is 0 Å². The Kier molecular flexibility index (Phi) is 12.0. The molecule has 1 aromatic heterocycles. The van der Waals surface area contributed by atoms with Crippen molar-refractivity contribution in [3.63, 3.8) is 0 Å². The Morgan fingerprint density at radius 2 is 0.583 bits per heavy atom. The largest absolute Gasteiger partial charge is 0.311 e. The second kappa shape index (κ2) is 20.3. The van der Waals surface area contributed by atoms with E-state index >= 15 is 0 Å². The third-order valence-electron chi connectivity index (χ3n) is 18.0. The zero-order valence-electron chi connectivity index (χ0n) is 46.3. The zero-order chi connectivity index (χ0) is 55.6. The lowest BCUT2D eigenvalue weighted by atomic mass is 9.33. The summed E-state index contributed by atoms with van der Waals surface area (Å²) in [5.41, 5.74) is 14.2.